The molecule has 1 aliphatic rings. The first kappa shape index (κ1) is 17.5. The van der Waals surface area contributed by atoms with Gasteiger partial charge in [-0.15, -0.1) is 0 Å². The molecule has 2 N–H and O–H groups in total. The molecule has 2 unspecified atom stereocenters. The molecule has 128 valence electrons. The highest BCUT2D eigenvalue weighted by Gasteiger charge is 2.25. The van der Waals surface area contributed by atoms with Crippen LogP contribution < -0.4 is 10.9 Å². The van der Waals surface area contributed by atoms with Crippen molar-refractivity contribution in [3.05, 3.63) is 38.3 Å². The van der Waals surface area contributed by atoms with E-state index in [4.69, 9.17) is 11.6 Å². The summed E-state index contributed by atoms with van der Waals surface area (Å²) in [6.45, 7) is 0.722. The Balaban J connectivity index is 1.79. The number of nitrogens with one attached hydrogen (secondary N) is 1. The molecule has 1 aromatic carbocycles. The molecule has 0 amide bonds. The predicted molar refractivity (Wildman–Crippen MR) is 95.4 cm³/mol. The first-order valence-electron chi connectivity index (χ1n) is 7.73. The second kappa shape index (κ2) is 7.31. The Kier molecular flexibility index (Phi) is 5.34. The van der Waals surface area contributed by atoms with E-state index < -0.39 is 6.10 Å². The maximum atomic E-state index is 12.5. The molecule has 2 aromatic rings. The zero-order chi connectivity index (χ0) is 17.3. The first-order chi connectivity index (χ1) is 11.5. The normalized spacial score (nSPS) is 21.1. The second-order valence-electron chi connectivity index (χ2n) is 5.97. The van der Waals surface area contributed by atoms with Gasteiger partial charge in [0.1, 0.15) is 0 Å². The van der Waals surface area contributed by atoms with Crippen LogP contribution in [0.3, 0.4) is 0 Å². The van der Waals surface area contributed by atoms with Crippen LogP contribution in [0.25, 0.3) is 10.9 Å². The molecular weight excluding hydrogens is 398 g/mol. The van der Waals surface area contributed by atoms with Gasteiger partial charge in [-0.25, -0.2) is 4.98 Å². The highest BCUT2D eigenvalue weighted by Crippen LogP contribution is 2.25. The number of nitrogens with zero attached hydrogens (tertiary/aromatic N) is 2. The number of fused-ring (bicyclic) bond motifs is 1. The SMILES string of the molecule is O=C(CC1NCCCC1O)Cn1cnc2cc(Br)c(Cl)cc2c1=O. The summed E-state index contributed by atoms with van der Waals surface area (Å²) in [5.41, 5.74) is 0.212. The summed E-state index contributed by atoms with van der Waals surface area (Å²) in [5.74, 6) is -0.125. The van der Waals surface area contributed by atoms with Crippen LogP contribution in [0.1, 0.15) is 19.3 Å². The van der Waals surface area contributed by atoms with Crippen molar-refractivity contribution < 1.29 is 9.90 Å². The lowest BCUT2D eigenvalue weighted by Gasteiger charge is -2.28. The van der Waals surface area contributed by atoms with Crippen LogP contribution >= 0.6 is 27.5 Å². The van der Waals surface area contributed by atoms with E-state index in [9.17, 15) is 14.7 Å². The number of hydrogen-bond acceptors (Lipinski definition) is 5. The predicted octanol–water partition coefficient (Wildman–Crippen LogP) is 1.88. The number of benzene rings is 1. The summed E-state index contributed by atoms with van der Waals surface area (Å²) in [7, 11) is 0. The fraction of sp³-hybridized carbons (Fsp3) is 0.438. The van der Waals surface area contributed by atoms with Crippen molar-refractivity contribution >= 4 is 44.2 Å². The topological polar surface area (TPSA) is 84.2 Å². The average molecular weight is 415 g/mol. The molecule has 2 atom stereocenters. The Bertz CT molecular complexity index is 839. The molecular formula is C16H17BrClN3O3. The third-order valence-electron chi connectivity index (χ3n) is 4.21. The Morgan fingerprint density at radius 3 is 3.04 bits per heavy atom. The number of ketones is 1. The van der Waals surface area contributed by atoms with Crippen LogP contribution in [0, 0.1) is 0 Å². The van der Waals surface area contributed by atoms with E-state index in [1.165, 1.54) is 10.9 Å². The van der Waals surface area contributed by atoms with E-state index in [1.807, 2.05) is 0 Å². The number of aromatic nitrogens is 2. The van der Waals surface area contributed by atoms with Crippen LogP contribution in [-0.2, 0) is 11.3 Å². The lowest BCUT2D eigenvalue weighted by atomic mass is 9.97. The molecule has 6 nitrogen and oxygen atoms in total. The van der Waals surface area contributed by atoms with E-state index in [2.05, 4.69) is 26.2 Å². The number of aliphatic hydroxyl groups is 1. The maximum absolute atomic E-state index is 12.5. The van der Waals surface area contributed by atoms with E-state index in [1.54, 1.807) is 12.1 Å². The van der Waals surface area contributed by atoms with Crippen molar-refractivity contribution in [2.24, 2.45) is 0 Å². The van der Waals surface area contributed by atoms with Crippen molar-refractivity contribution in [3.63, 3.8) is 0 Å². The van der Waals surface area contributed by atoms with Crippen molar-refractivity contribution in [1.82, 2.24) is 14.9 Å². The summed E-state index contributed by atoms with van der Waals surface area (Å²) in [6, 6.07) is 2.97. The quantitative estimate of drug-likeness (QED) is 0.798. The van der Waals surface area contributed by atoms with Crippen LogP contribution in [0.2, 0.25) is 5.02 Å². The van der Waals surface area contributed by atoms with Gasteiger partial charge in [0.05, 0.1) is 34.9 Å². The number of rotatable bonds is 4. The number of piperidine rings is 1. The van der Waals surface area contributed by atoms with Gasteiger partial charge in [0.2, 0.25) is 0 Å². The number of aliphatic hydroxyl groups excluding tert-OH is 1. The third kappa shape index (κ3) is 3.69. The molecule has 3 rings (SSSR count). The van der Waals surface area contributed by atoms with Gasteiger partial charge in [-0.05, 0) is 47.4 Å². The standard InChI is InChI=1S/C16H17BrClN3O3/c17-11-6-13-10(5-12(11)18)16(24)21(8-20-13)7-9(22)4-14-15(23)2-1-3-19-14/h5-6,8,14-15,19,23H,1-4,7H2. The summed E-state index contributed by atoms with van der Waals surface area (Å²) >= 11 is 9.33. The Morgan fingerprint density at radius 2 is 2.29 bits per heavy atom. The molecule has 1 saturated heterocycles. The number of halogens is 2. The van der Waals surface area contributed by atoms with Gasteiger partial charge in [-0.1, -0.05) is 11.6 Å². The van der Waals surface area contributed by atoms with Gasteiger partial charge in [-0.3, -0.25) is 14.2 Å². The first-order valence-corrected chi connectivity index (χ1v) is 8.90. The van der Waals surface area contributed by atoms with Gasteiger partial charge in [0.25, 0.3) is 5.56 Å². The van der Waals surface area contributed by atoms with Gasteiger partial charge < -0.3 is 10.4 Å². The second-order valence-corrected chi connectivity index (χ2v) is 7.24. The van der Waals surface area contributed by atoms with Crippen molar-refractivity contribution in [2.45, 2.75) is 38.0 Å². The van der Waals surface area contributed by atoms with E-state index >= 15 is 0 Å². The van der Waals surface area contributed by atoms with Crippen LogP contribution in [-0.4, -0.2) is 39.1 Å². The molecule has 1 aliphatic heterocycles. The molecule has 0 saturated carbocycles. The number of hydrogen-bond donors (Lipinski definition) is 2. The number of carbonyl (C=O) groups excluding carboxylic acids is 1. The largest absolute Gasteiger partial charge is 0.391 e. The van der Waals surface area contributed by atoms with Crippen LogP contribution in [0.4, 0.5) is 0 Å². The molecule has 0 bridgehead atoms. The van der Waals surface area contributed by atoms with E-state index in [0.717, 1.165) is 13.0 Å². The van der Waals surface area contributed by atoms with Gasteiger partial charge >= 0.3 is 0 Å². The molecule has 0 aliphatic carbocycles. The molecule has 0 spiro atoms. The van der Waals surface area contributed by atoms with Crippen molar-refractivity contribution in [3.8, 4) is 0 Å². The van der Waals surface area contributed by atoms with Gasteiger partial charge in [0, 0.05) is 16.9 Å². The van der Waals surface area contributed by atoms with Crippen LogP contribution in [0.5, 0.6) is 0 Å². The number of carbonyl (C=O) groups is 1. The zero-order valence-electron chi connectivity index (χ0n) is 12.8. The van der Waals surface area contributed by atoms with Crippen LogP contribution in [0.15, 0.2) is 27.7 Å². The van der Waals surface area contributed by atoms with Gasteiger partial charge in [-0.2, -0.15) is 0 Å². The summed E-state index contributed by atoms with van der Waals surface area (Å²) in [5, 5.41) is 13.9. The monoisotopic (exact) mass is 413 g/mol. The van der Waals surface area contributed by atoms with Crippen molar-refractivity contribution in [2.75, 3.05) is 6.54 Å². The van der Waals surface area contributed by atoms with E-state index in [0.29, 0.717) is 26.8 Å². The third-order valence-corrected chi connectivity index (χ3v) is 5.41. The minimum Gasteiger partial charge on any atom is -0.391 e. The van der Waals surface area contributed by atoms with Crippen molar-refractivity contribution in [1.29, 1.82) is 0 Å². The highest BCUT2D eigenvalue weighted by molar-refractivity contribution is 9.10. The summed E-state index contributed by atoms with van der Waals surface area (Å²) in [6.07, 6.45) is 2.62. The zero-order valence-corrected chi connectivity index (χ0v) is 15.2. The maximum Gasteiger partial charge on any atom is 0.261 e. The summed E-state index contributed by atoms with van der Waals surface area (Å²) < 4.78 is 1.94. The molecule has 2 heterocycles. The average Bonchev–Trinajstić information content (AvgIpc) is 2.54. The fourth-order valence-electron chi connectivity index (χ4n) is 2.91. The Hall–Kier alpha value is -1.28. The van der Waals surface area contributed by atoms with E-state index in [-0.39, 0.29) is 30.3 Å². The minimum absolute atomic E-state index is 0.0691. The lowest BCUT2D eigenvalue weighted by molar-refractivity contribution is -0.121. The number of Topliss-reactive ketones (excluding diaryl/α,β-unsaturated/α-hetero) is 1. The summed E-state index contributed by atoms with van der Waals surface area (Å²) in [4.78, 5) is 29.0. The molecule has 8 heteroatoms. The Morgan fingerprint density at radius 1 is 1.50 bits per heavy atom. The molecule has 1 fully saturated rings. The Labute approximate surface area is 152 Å². The minimum atomic E-state index is -0.523. The lowest BCUT2D eigenvalue weighted by Crippen LogP contribution is -2.46. The highest BCUT2D eigenvalue weighted by atomic mass is 79.9. The molecule has 0 radical (unpaired) electrons. The molecule has 24 heavy (non-hydrogen) atoms. The molecule has 1 aromatic heterocycles. The smallest absolute Gasteiger partial charge is 0.261 e. The van der Waals surface area contributed by atoms with Gasteiger partial charge in [0.15, 0.2) is 5.78 Å². The fourth-order valence-corrected chi connectivity index (χ4v) is 3.40.